The molecule has 24 heavy (non-hydrogen) atoms. The molecule has 1 aromatic carbocycles. The summed E-state index contributed by atoms with van der Waals surface area (Å²) in [6, 6.07) is 6.07. The number of sulfone groups is 1. The summed E-state index contributed by atoms with van der Waals surface area (Å²) in [6.45, 7) is 4.39. The van der Waals surface area contributed by atoms with Gasteiger partial charge in [0, 0.05) is 41.4 Å². The Morgan fingerprint density at radius 3 is 2.46 bits per heavy atom. The van der Waals surface area contributed by atoms with Crippen LogP contribution in [0.4, 0.5) is 8.78 Å². The summed E-state index contributed by atoms with van der Waals surface area (Å²) in [6.07, 6.45) is 1.71. The summed E-state index contributed by atoms with van der Waals surface area (Å²) in [5.41, 5.74) is 0.849. The number of aromatic nitrogens is 1. The van der Waals surface area contributed by atoms with Crippen LogP contribution in [0.5, 0.6) is 0 Å². The van der Waals surface area contributed by atoms with Crippen molar-refractivity contribution in [3.8, 4) is 6.07 Å². The van der Waals surface area contributed by atoms with Crippen molar-refractivity contribution >= 4 is 20.7 Å². The molecule has 0 amide bonds. The molecule has 1 aromatic heterocycles. The molecule has 2 rings (SSSR count). The maximum absolute atomic E-state index is 14.1. The van der Waals surface area contributed by atoms with Crippen molar-refractivity contribution in [2.75, 3.05) is 12.0 Å². The van der Waals surface area contributed by atoms with Crippen molar-refractivity contribution in [3.63, 3.8) is 0 Å². The van der Waals surface area contributed by atoms with E-state index in [4.69, 9.17) is 5.26 Å². The van der Waals surface area contributed by atoms with Crippen LogP contribution in [0.25, 0.3) is 10.9 Å². The van der Waals surface area contributed by atoms with Crippen LogP contribution in [0.1, 0.15) is 43.1 Å². The minimum Gasteiger partial charge on any atom is -0.341 e. The first-order valence-corrected chi connectivity index (χ1v) is 9.66. The van der Waals surface area contributed by atoms with E-state index in [9.17, 15) is 17.2 Å². The third kappa shape index (κ3) is 3.44. The van der Waals surface area contributed by atoms with Gasteiger partial charge in [-0.2, -0.15) is 5.26 Å². The molecule has 0 N–H and O–H groups in total. The molecule has 1 unspecified atom stereocenters. The van der Waals surface area contributed by atoms with E-state index in [2.05, 4.69) is 0 Å². The van der Waals surface area contributed by atoms with Crippen LogP contribution >= 0.6 is 0 Å². The van der Waals surface area contributed by atoms with Gasteiger partial charge in [0.05, 0.1) is 17.4 Å². The SMILES string of the molecule is CCC(CS(C)(=O)=O)n1c(C)cc2c(C(C)(F)F)c(C#N)ccc21. The van der Waals surface area contributed by atoms with E-state index in [0.29, 0.717) is 23.0 Å². The number of hydrogen-bond acceptors (Lipinski definition) is 3. The predicted octanol–water partition coefficient (Wildman–Crippen LogP) is 3.93. The van der Waals surface area contributed by atoms with Gasteiger partial charge in [-0.25, -0.2) is 17.2 Å². The van der Waals surface area contributed by atoms with E-state index in [1.54, 1.807) is 23.6 Å². The monoisotopic (exact) mass is 354 g/mol. The van der Waals surface area contributed by atoms with Gasteiger partial charge < -0.3 is 4.57 Å². The number of rotatable bonds is 5. The quantitative estimate of drug-likeness (QED) is 0.817. The lowest BCUT2D eigenvalue weighted by Crippen LogP contribution is -2.19. The van der Waals surface area contributed by atoms with Crippen LogP contribution in [0.2, 0.25) is 0 Å². The first kappa shape index (κ1) is 18.4. The molecule has 7 heteroatoms. The molecule has 0 saturated carbocycles. The van der Waals surface area contributed by atoms with Gasteiger partial charge in [0.1, 0.15) is 9.84 Å². The van der Waals surface area contributed by atoms with Crippen LogP contribution in [-0.2, 0) is 15.8 Å². The van der Waals surface area contributed by atoms with Crippen LogP contribution in [0.15, 0.2) is 18.2 Å². The average Bonchev–Trinajstić information content (AvgIpc) is 2.77. The van der Waals surface area contributed by atoms with Gasteiger partial charge in [0.15, 0.2) is 0 Å². The van der Waals surface area contributed by atoms with Gasteiger partial charge in [-0.15, -0.1) is 0 Å². The molecule has 130 valence electrons. The highest BCUT2D eigenvalue weighted by Gasteiger charge is 2.32. The Balaban J connectivity index is 2.80. The third-order valence-electron chi connectivity index (χ3n) is 4.11. The molecule has 0 radical (unpaired) electrons. The zero-order chi connectivity index (χ0) is 18.3. The maximum Gasteiger partial charge on any atom is 0.272 e. The first-order valence-electron chi connectivity index (χ1n) is 7.60. The van der Waals surface area contributed by atoms with Crippen LogP contribution in [-0.4, -0.2) is 25.0 Å². The van der Waals surface area contributed by atoms with E-state index < -0.39 is 15.8 Å². The highest BCUT2D eigenvalue weighted by atomic mass is 32.2. The lowest BCUT2D eigenvalue weighted by atomic mass is 9.99. The summed E-state index contributed by atoms with van der Waals surface area (Å²) in [7, 11) is -3.22. The van der Waals surface area contributed by atoms with Crippen molar-refractivity contribution in [2.24, 2.45) is 0 Å². The normalized spacial score (nSPS) is 13.9. The number of benzene rings is 1. The Morgan fingerprint density at radius 1 is 1.38 bits per heavy atom. The van der Waals surface area contributed by atoms with E-state index >= 15 is 0 Å². The number of nitriles is 1. The fourth-order valence-electron chi connectivity index (χ4n) is 3.21. The summed E-state index contributed by atoms with van der Waals surface area (Å²) in [5.74, 6) is -3.23. The minimum absolute atomic E-state index is 0.0635. The van der Waals surface area contributed by atoms with Crippen molar-refractivity contribution in [3.05, 3.63) is 35.0 Å². The van der Waals surface area contributed by atoms with Crippen LogP contribution in [0, 0.1) is 18.3 Å². The number of halogens is 2. The molecule has 0 spiro atoms. The average molecular weight is 354 g/mol. The topological polar surface area (TPSA) is 62.9 Å². The summed E-state index contributed by atoms with van der Waals surface area (Å²) >= 11 is 0. The van der Waals surface area contributed by atoms with Crippen LogP contribution in [0.3, 0.4) is 0 Å². The smallest absolute Gasteiger partial charge is 0.272 e. The van der Waals surface area contributed by atoms with Gasteiger partial charge >= 0.3 is 0 Å². The van der Waals surface area contributed by atoms with Crippen molar-refractivity contribution in [2.45, 2.75) is 39.2 Å². The second-order valence-corrected chi connectivity index (χ2v) is 8.42. The van der Waals surface area contributed by atoms with Crippen LogP contribution < -0.4 is 0 Å². The largest absolute Gasteiger partial charge is 0.341 e. The van der Waals surface area contributed by atoms with Gasteiger partial charge in [0.25, 0.3) is 5.92 Å². The van der Waals surface area contributed by atoms with E-state index in [0.717, 1.165) is 13.2 Å². The number of alkyl halides is 2. The lowest BCUT2D eigenvalue weighted by Gasteiger charge is -2.20. The predicted molar refractivity (Wildman–Crippen MR) is 90.0 cm³/mol. The second kappa shape index (κ2) is 6.17. The summed E-state index contributed by atoms with van der Waals surface area (Å²) in [4.78, 5) is 0. The fraction of sp³-hybridized carbons (Fsp3) is 0.471. The molecule has 4 nitrogen and oxygen atoms in total. The molecule has 2 aromatic rings. The maximum atomic E-state index is 14.1. The van der Waals surface area contributed by atoms with Gasteiger partial charge in [-0.05, 0) is 31.5 Å². The molecule has 0 aliphatic rings. The molecule has 0 fully saturated rings. The van der Waals surface area contributed by atoms with Gasteiger partial charge in [0.2, 0.25) is 0 Å². The van der Waals surface area contributed by atoms with Crippen molar-refractivity contribution in [1.29, 1.82) is 5.26 Å². The number of aryl methyl sites for hydroxylation is 1. The Morgan fingerprint density at radius 2 is 2.00 bits per heavy atom. The zero-order valence-electron chi connectivity index (χ0n) is 14.1. The fourth-order valence-corrected chi connectivity index (χ4v) is 4.29. The van der Waals surface area contributed by atoms with Gasteiger partial charge in [-0.1, -0.05) is 6.92 Å². The first-order chi connectivity index (χ1) is 11.0. The van der Waals surface area contributed by atoms with E-state index in [1.165, 1.54) is 6.07 Å². The van der Waals surface area contributed by atoms with E-state index in [1.807, 2.05) is 13.0 Å². The Labute approximate surface area is 140 Å². The Kier molecular flexibility index (Phi) is 4.73. The Hall–Kier alpha value is -1.94. The van der Waals surface area contributed by atoms with E-state index in [-0.39, 0.29) is 22.9 Å². The van der Waals surface area contributed by atoms with Crippen molar-refractivity contribution < 1.29 is 17.2 Å². The number of fused-ring (bicyclic) bond motifs is 1. The standard InChI is InChI=1S/C17H20F2N2O2S/c1-5-13(10-24(4,22)23)21-11(2)8-14-15(21)7-6-12(9-20)16(14)17(3,18)19/h6-8,13H,5,10H2,1-4H3. The molecule has 0 saturated heterocycles. The molecule has 1 atom stereocenters. The summed E-state index contributed by atoms with van der Waals surface area (Å²) in [5, 5.41) is 9.45. The molecular weight excluding hydrogens is 334 g/mol. The highest BCUT2D eigenvalue weighted by molar-refractivity contribution is 7.90. The highest BCUT2D eigenvalue weighted by Crippen LogP contribution is 2.38. The molecule has 0 aliphatic carbocycles. The molecule has 0 aliphatic heterocycles. The lowest BCUT2D eigenvalue weighted by molar-refractivity contribution is 0.0188. The molecular formula is C17H20F2N2O2S. The summed E-state index contributed by atoms with van der Waals surface area (Å²) < 4.78 is 53.3. The minimum atomic E-state index is -3.22. The van der Waals surface area contributed by atoms with Crippen molar-refractivity contribution in [1.82, 2.24) is 4.57 Å². The third-order valence-corrected chi connectivity index (χ3v) is 5.10. The number of hydrogen-bond donors (Lipinski definition) is 0. The second-order valence-electron chi connectivity index (χ2n) is 6.23. The molecule has 1 heterocycles. The Bertz CT molecular complexity index is 919. The number of nitrogens with zero attached hydrogens (tertiary/aromatic N) is 2. The van der Waals surface area contributed by atoms with Gasteiger partial charge in [-0.3, -0.25) is 0 Å². The molecule has 0 bridgehead atoms. The zero-order valence-corrected chi connectivity index (χ0v) is 14.9.